The van der Waals surface area contributed by atoms with Crippen molar-refractivity contribution in [3.05, 3.63) is 29.3 Å². The third-order valence-electron chi connectivity index (χ3n) is 2.97. The molecule has 0 bridgehead atoms. The minimum atomic E-state index is -4.28. The first-order chi connectivity index (χ1) is 9.73. The molecule has 1 aromatic carbocycles. The first kappa shape index (κ1) is 17.3. The van der Waals surface area contributed by atoms with Gasteiger partial charge in [-0.3, -0.25) is 4.79 Å². The number of rotatable bonds is 6. The third-order valence-corrected chi connectivity index (χ3v) is 2.97. The van der Waals surface area contributed by atoms with E-state index in [1.165, 1.54) is 6.92 Å². The number of carbonyl (C=O) groups is 1. The van der Waals surface area contributed by atoms with Gasteiger partial charge in [0.1, 0.15) is 0 Å². The van der Waals surface area contributed by atoms with Crippen LogP contribution in [0, 0.1) is 6.92 Å². The predicted octanol–water partition coefficient (Wildman–Crippen LogP) is 3.89. The topological polar surface area (TPSA) is 41.1 Å². The van der Waals surface area contributed by atoms with Gasteiger partial charge in [0.05, 0.1) is 6.42 Å². The van der Waals surface area contributed by atoms with E-state index >= 15 is 0 Å². The molecule has 0 fully saturated rings. The maximum Gasteiger partial charge on any atom is 0.391 e. The van der Waals surface area contributed by atoms with Crippen LogP contribution in [0.15, 0.2) is 18.2 Å². The Kier molecular flexibility index (Phi) is 6.05. The first-order valence-corrected chi connectivity index (χ1v) is 6.95. The number of benzene rings is 1. The zero-order valence-corrected chi connectivity index (χ0v) is 12.5. The Hall–Kier alpha value is -1.72. The second-order valence-corrected chi connectivity index (χ2v) is 5.15. The van der Waals surface area contributed by atoms with Crippen molar-refractivity contribution >= 4 is 11.6 Å². The Morgan fingerprint density at radius 3 is 2.52 bits per heavy atom. The van der Waals surface area contributed by atoms with Crippen LogP contribution in [0.4, 0.5) is 18.9 Å². The van der Waals surface area contributed by atoms with Crippen molar-refractivity contribution in [1.82, 2.24) is 5.32 Å². The highest BCUT2D eigenvalue weighted by Gasteiger charge is 2.30. The maximum atomic E-state index is 12.2. The molecule has 1 atom stereocenters. The van der Waals surface area contributed by atoms with Gasteiger partial charge in [-0.15, -0.1) is 0 Å². The summed E-state index contributed by atoms with van der Waals surface area (Å²) < 4.78 is 36.7. The number of carbonyl (C=O) groups excluding carboxylic acids is 1. The maximum absolute atomic E-state index is 12.2. The van der Waals surface area contributed by atoms with Crippen molar-refractivity contribution in [2.45, 2.75) is 45.8 Å². The van der Waals surface area contributed by atoms with Gasteiger partial charge in [0, 0.05) is 23.8 Å². The van der Waals surface area contributed by atoms with Crippen LogP contribution < -0.4 is 10.6 Å². The van der Waals surface area contributed by atoms with Gasteiger partial charge in [0.2, 0.25) is 0 Å². The predicted molar refractivity (Wildman–Crippen MR) is 77.6 cm³/mol. The van der Waals surface area contributed by atoms with E-state index in [4.69, 9.17) is 0 Å². The van der Waals surface area contributed by atoms with E-state index in [0.717, 1.165) is 24.2 Å². The molecule has 2 N–H and O–H groups in total. The minimum absolute atomic E-state index is 0.364. The summed E-state index contributed by atoms with van der Waals surface area (Å²) in [5.41, 5.74) is 2.18. The van der Waals surface area contributed by atoms with Gasteiger partial charge in [-0.2, -0.15) is 13.2 Å². The van der Waals surface area contributed by atoms with Crippen molar-refractivity contribution in [1.29, 1.82) is 0 Å². The Balaban J connectivity index is 2.68. The number of hydrogen-bond acceptors (Lipinski definition) is 2. The molecule has 0 radical (unpaired) electrons. The van der Waals surface area contributed by atoms with E-state index in [-0.39, 0.29) is 0 Å². The summed E-state index contributed by atoms with van der Waals surface area (Å²) in [6.07, 6.45) is -4.33. The smallest absolute Gasteiger partial charge is 0.385 e. The molecule has 0 aliphatic carbocycles. The van der Waals surface area contributed by atoms with E-state index in [0.29, 0.717) is 5.56 Å². The normalized spacial score (nSPS) is 12.9. The molecule has 0 aliphatic rings. The van der Waals surface area contributed by atoms with E-state index in [1.807, 2.05) is 13.8 Å². The number of aryl methyl sites for hydroxylation is 1. The van der Waals surface area contributed by atoms with Crippen LogP contribution in [-0.4, -0.2) is 24.7 Å². The molecule has 21 heavy (non-hydrogen) atoms. The van der Waals surface area contributed by atoms with E-state index in [2.05, 4.69) is 10.6 Å². The molecule has 3 nitrogen and oxygen atoms in total. The Bertz CT molecular complexity index is 486. The average Bonchev–Trinajstić information content (AvgIpc) is 2.34. The summed E-state index contributed by atoms with van der Waals surface area (Å²) in [7, 11) is 0. The summed E-state index contributed by atoms with van der Waals surface area (Å²) in [5.74, 6) is -0.489. The zero-order chi connectivity index (χ0) is 16.0. The number of hydrogen-bond donors (Lipinski definition) is 2. The van der Waals surface area contributed by atoms with Crippen molar-refractivity contribution in [3.8, 4) is 0 Å². The Labute approximate surface area is 122 Å². The minimum Gasteiger partial charge on any atom is -0.385 e. The summed E-state index contributed by atoms with van der Waals surface area (Å²) in [6, 6.07) is 4.11. The lowest BCUT2D eigenvalue weighted by Crippen LogP contribution is -2.35. The van der Waals surface area contributed by atoms with Gasteiger partial charge in [0.25, 0.3) is 5.91 Å². The van der Waals surface area contributed by atoms with E-state index < -0.39 is 24.5 Å². The molecule has 1 unspecified atom stereocenters. The van der Waals surface area contributed by atoms with Crippen molar-refractivity contribution in [3.63, 3.8) is 0 Å². The largest absolute Gasteiger partial charge is 0.391 e. The highest BCUT2D eigenvalue weighted by Crippen LogP contribution is 2.22. The van der Waals surface area contributed by atoms with Gasteiger partial charge < -0.3 is 10.6 Å². The van der Waals surface area contributed by atoms with Crippen LogP contribution in [-0.2, 0) is 0 Å². The van der Waals surface area contributed by atoms with Gasteiger partial charge in [-0.1, -0.05) is 6.92 Å². The lowest BCUT2D eigenvalue weighted by Gasteiger charge is -2.16. The molecule has 6 heteroatoms. The average molecular weight is 302 g/mol. The molecule has 1 aromatic rings. The molecule has 0 spiro atoms. The van der Waals surface area contributed by atoms with Crippen LogP contribution in [0.25, 0.3) is 0 Å². The zero-order valence-electron chi connectivity index (χ0n) is 12.5. The monoisotopic (exact) mass is 302 g/mol. The third kappa shape index (κ3) is 6.06. The van der Waals surface area contributed by atoms with Gasteiger partial charge in [-0.25, -0.2) is 0 Å². The summed E-state index contributed by atoms with van der Waals surface area (Å²) in [6.45, 7) is 6.07. The standard InChI is InChI=1S/C15H21F3N2O/c1-4-7-19-13-6-5-12(8-10(13)2)14(21)20-11(3)9-15(16,17)18/h5-6,8,11,19H,4,7,9H2,1-3H3,(H,20,21). The first-order valence-electron chi connectivity index (χ1n) is 6.95. The summed E-state index contributed by atoms with van der Waals surface area (Å²) in [4.78, 5) is 11.9. The van der Waals surface area contributed by atoms with Gasteiger partial charge in [0.15, 0.2) is 0 Å². The molecular formula is C15H21F3N2O. The molecule has 0 saturated heterocycles. The molecule has 1 amide bonds. The number of anilines is 1. The number of halogens is 3. The second kappa shape index (κ2) is 7.33. The van der Waals surface area contributed by atoms with Gasteiger partial charge in [-0.05, 0) is 44.0 Å². The molecule has 0 saturated carbocycles. The number of alkyl halides is 3. The summed E-state index contributed by atoms with van der Waals surface area (Å²) >= 11 is 0. The molecule has 1 rings (SSSR count). The highest BCUT2D eigenvalue weighted by molar-refractivity contribution is 5.95. The number of nitrogens with one attached hydrogen (secondary N) is 2. The van der Waals surface area contributed by atoms with Gasteiger partial charge >= 0.3 is 6.18 Å². The van der Waals surface area contributed by atoms with Crippen molar-refractivity contribution in [2.24, 2.45) is 0 Å². The fourth-order valence-electron chi connectivity index (χ4n) is 1.97. The Morgan fingerprint density at radius 1 is 1.33 bits per heavy atom. The Morgan fingerprint density at radius 2 is 2.00 bits per heavy atom. The second-order valence-electron chi connectivity index (χ2n) is 5.15. The number of amides is 1. The molecule has 0 aromatic heterocycles. The lowest BCUT2D eigenvalue weighted by molar-refractivity contribution is -0.138. The van der Waals surface area contributed by atoms with Crippen molar-refractivity contribution < 1.29 is 18.0 Å². The lowest BCUT2D eigenvalue weighted by atomic mass is 10.1. The quantitative estimate of drug-likeness (QED) is 0.837. The van der Waals surface area contributed by atoms with Crippen LogP contribution >= 0.6 is 0 Å². The summed E-state index contributed by atoms with van der Waals surface area (Å²) in [5, 5.41) is 5.58. The fourth-order valence-corrected chi connectivity index (χ4v) is 1.97. The van der Waals surface area contributed by atoms with Crippen molar-refractivity contribution in [2.75, 3.05) is 11.9 Å². The van der Waals surface area contributed by atoms with E-state index in [1.54, 1.807) is 18.2 Å². The van der Waals surface area contributed by atoms with Crippen LogP contribution in [0.2, 0.25) is 0 Å². The molecule has 0 aliphatic heterocycles. The van der Waals surface area contributed by atoms with Crippen LogP contribution in [0.5, 0.6) is 0 Å². The van der Waals surface area contributed by atoms with Crippen LogP contribution in [0.3, 0.4) is 0 Å². The molecule has 0 heterocycles. The SMILES string of the molecule is CCCNc1ccc(C(=O)NC(C)CC(F)(F)F)cc1C. The molecular weight excluding hydrogens is 281 g/mol. The highest BCUT2D eigenvalue weighted by atomic mass is 19.4. The van der Waals surface area contributed by atoms with E-state index in [9.17, 15) is 18.0 Å². The van der Waals surface area contributed by atoms with Crippen LogP contribution in [0.1, 0.15) is 42.6 Å². The fraction of sp³-hybridized carbons (Fsp3) is 0.533. The molecule has 118 valence electrons.